The molecule has 1 aliphatic heterocycles. The molecule has 6 heteroatoms. The van der Waals surface area contributed by atoms with E-state index in [0.29, 0.717) is 30.1 Å². The summed E-state index contributed by atoms with van der Waals surface area (Å²) in [5, 5.41) is 10.2. The number of aliphatic hydroxyl groups is 1. The van der Waals surface area contributed by atoms with Crippen molar-refractivity contribution >= 4 is 17.0 Å². The lowest BCUT2D eigenvalue weighted by Gasteiger charge is -2.47. The van der Waals surface area contributed by atoms with E-state index < -0.39 is 11.4 Å². The number of hydrogen-bond donors (Lipinski definition) is 1. The van der Waals surface area contributed by atoms with E-state index in [-0.39, 0.29) is 12.5 Å². The van der Waals surface area contributed by atoms with Gasteiger partial charge in [-0.15, -0.1) is 0 Å². The smallest absolute Gasteiger partial charge is 0.408 e. The molecule has 1 aromatic heterocycles. The first-order chi connectivity index (χ1) is 10.1. The van der Waals surface area contributed by atoms with E-state index in [4.69, 9.17) is 4.42 Å². The molecule has 0 unspecified atom stereocenters. The standard InChI is InChI=1S/C15H16N2O4/c18-13(16-8-15(20,9-16)10-5-6-10)7-17-11-3-1-2-4-12(11)21-14(17)19/h1-4,10,20H,5-9H2. The molecule has 0 bridgehead atoms. The maximum atomic E-state index is 12.2. The topological polar surface area (TPSA) is 75.7 Å². The van der Waals surface area contributed by atoms with E-state index in [9.17, 15) is 14.7 Å². The van der Waals surface area contributed by atoms with Gasteiger partial charge < -0.3 is 14.4 Å². The Kier molecular flexibility index (Phi) is 2.53. The SMILES string of the molecule is O=C(Cn1c(=O)oc2ccccc21)N1CC(O)(C2CC2)C1. The second-order valence-corrected chi connectivity index (χ2v) is 6.05. The summed E-state index contributed by atoms with van der Waals surface area (Å²) >= 11 is 0. The summed E-state index contributed by atoms with van der Waals surface area (Å²) in [5.41, 5.74) is 0.404. The first-order valence-corrected chi connectivity index (χ1v) is 7.15. The summed E-state index contributed by atoms with van der Waals surface area (Å²) in [6.07, 6.45) is 2.09. The lowest BCUT2D eigenvalue weighted by Crippen LogP contribution is -2.65. The minimum Gasteiger partial charge on any atom is -0.408 e. The number of benzene rings is 1. The van der Waals surface area contributed by atoms with Crippen LogP contribution in [0.2, 0.25) is 0 Å². The highest BCUT2D eigenvalue weighted by Gasteiger charge is 2.53. The molecule has 6 nitrogen and oxygen atoms in total. The van der Waals surface area contributed by atoms with Crippen molar-refractivity contribution in [3.8, 4) is 0 Å². The molecule has 4 rings (SSSR count). The molecule has 1 saturated carbocycles. The van der Waals surface area contributed by atoms with Crippen LogP contribution in [0.1, 0.15) is 12.8 Å². The second-order valence-electron chi connectivity index (χ2n) is 6.05. The summed E-state index contributed by atoms with van der Waals surface area (Å²) in [6.45, 7) is 0.707. The fourth-order valence-electron chi connectivity index (χ4n) is 3.07. The molecular formula is C15H16N2O4. The minimum absolute atomic E-state index is 0.0450. The molecule has 0 spiro atoms. The van der Waals surface area contributed by atoms with Gasteiger partial charge in [0, 0.05) is 0 Å². The summed E-state index contributed by atoms with van der Waals surface area (Å²) in [5.74, 6) is -0.337. The van der Waals surface area contributed by atoms with Gasteiger partial charge in [-0.3, -0.25) is 9.36 Å². The van der Waals surface area contributed by atoms with E-state index in [2.05, 4.69) is 0 Å². The molecule has 0 radical (unpaired) electrons. The monoisotopic (exact) mass is 288 g/mol. The number of aromatic nitrogens is 1. The van der Waals surface area contributed by atoms with E-state index >= 15 is 0 Å². The van der Waals surface area contributed by atoms with Crippen molar-refractivity contribution in [2.75, 3.05) is 13.1 Å². The van der Waals surface area contributed by atoms with Crippen LogP contribution in [0.5, 0.6) is 0 Å². The number of para-hydroxylation sites is 2. The van der Waals surface area contributed by atoms with Gasteiger partial charge in [-0.25, -0.2) is 4.79 Å². The van der Waals surface area contributed by atoms with Gasteiger partial charge in [-0.05, 0) is 30.9 Å². The first-order valence-electron chi connectivity index (χ1n) is 7.15. The van der Waals surface area contributed by atoms with Crippen molar-refractivity contribution in [1.29, 1.82) is 0 Å². The van der Waals surface area contributed by atoms with Gasteiger partial charge in [0.25, 0.3) is 0 Å². The summed E-state index contributed by atoms with van der Waals surface area (Å²) in [6, 6.07) is 7.04. The van der Waals surface area contributed by atoms with Crippen LogP contribution in [-0.4, -0.2) is 39.2 Å². The molecule has 2 heterocycles. The number of likely N-dealkylation sites (tertiary alicyclic amines) is 1. The number of amides is 1. The second kappa shape index (κ2) is 4.21. The number of β-amino-alcohol motifs (C(OH)–C–C–N with tert-alkyl or cyclic N) is 1. The highest BCUT2D eigenvalue weighted by Crippen LogP contribution is 2.44. The molecule has 1 aromatic carbocycles. The maximum Gasteiger partial charge on any atom is 0.420 e. The van der Waals surface area contributed by atoms with Crippen molar-refractivity contribution in [3.05, 3.63) is 34.8 Å². The molecule has 2 fully saturated rings. The Morgan fingerprint density at radius 1 is 1.33 bits per heavy atom. The predicted molar refractivity (Wildman–Crippen MR) is 74.7 cm³/mol. The third kappa shape index (κ3) is 1.98. The predicted octanol–water partition coefficient (Wildman–Crippen LogP) is 0.578. The van der Waals surface area contributed by atoms with Crippen LogP contribution in [0.4, 0.5) is 0 Å². The molecular weight excluding hydrogens is 272 g/mol. The number of carbonyl (C=O) groups is 1. The molecule has 110 valence electrons. The van der Waals surface area contributed by atoms with Gasteiger partial charge >= 0.3 is 5.76 Å². The molecule has 2 aromatic rings. The fraction of sp³-hybridized carbons (Fsp3) is 0.467. The van der Waals surface area contributed by atoms with Gasteiger partial charge in [0.15, 0.2) is 5.58 Å². The minimum atomic E-state index is -0.695. The molecule has 1 saturated heterocycles. The summed E-state index contributed by atoms with van der Waals surface area (Å²) < 4.78 is 6.45. The van der Waals surface area contributed by atoms with Crippen molar-refractivity contribution in [2.24, 2.45) is 5.92 Å². The van der Waals surface area contributed by atoms with Gasteiger partial charge in [0.05, 0.1) is 18.6 Å². The highest BCUT2D eigenvalue weighted by atomic mass is 16.4. The number of nitrogens with zero attached hydrogens (tertiary/aromatic N) is 2. The largest absolute Gasteiger partial charge is 0.420 e. The maximum absolute atomic E-state index is 12.2. The van der Waals surface area contributed by atoms with Crippen molar-refractivity contribution in [1.82, 2.24) is 9.47 Å². The van der Waals surface area contributed by atoms with E-state index in [0.717, 1.165) is 12.8 Å². The average molecular weight is 288 g/mol. The molecule has 0 atom stereocenters. The fourth-order valence-corrected chi connectivity index (χ4v) is 3.07. The summed E-state index contributed by atoms with van der Waals surface area (Å²) in [4.78, 5) is 25.7. The number of hydrogen-bond acceptors (Lipinski definition) is 4. The van der Waals surface area contributed by atoms with E-state index in [1.165, 1.54) is 4.57 Å². The Balaban J connectivity index is 1.52. The zero-order valence-corrected chi connectivity index (χ0v) is 11.5. The Hall–Kier alpha value is -2.08. The van der Waals surface area contributed by atoms with Crippen LogP contribution < -0.4 is 5.76 Å². The Morgan fingerprint density at radius 2 is 2.05 bits per heavy atom. The van der Waals surface area contributed by atoms with Gasteiger partial charge in [-0.1, -0.05) is 12.1 Å². The molecule has 1 N–H and O–H groups in total. The number of carbonyl (C=O) groups excluding carboxylic acids is 1. The normalized spacial score (nSPS) is 20.5. The zero-order valence-electron chi connectivity index (χ0n) is 11.5. The Morgan fingerprint density at radius 3 is 2.76 bits per heavy atom. The quantitative estimate of drug-likeness (QED) is 0.896. The lowest BCUT2D eigenvalue weighted by molar-refractivity contribution is -0.159. The molecule has 21 heavy (non-hydrogen) atoms. The van der Waals surface area contributed by atoms with E-state index in [1.807, 2.05) is 0 Å². The molecule has 1 amide bonds. The van der Waals surface area contributed by atoms with Crippen molar-refractivity contribution in [2.45, 2.75) is 25.0 Å². The first kappa shape index (κ1) is 12.6. The van der Waals surface area contributed by atoms with E-state index in [1.54, 1.807) is 29.2 Å². The zero-order chi connectivity index (χ0) is 14.6. The van der Waals surface area contributed by atoms with Crippen LogP contribution in [-0.2, 0) is 11.3 Å². The van der Waals surface area contributed by atoms with Crippen LogP contribution in [0.25, 0.3) is 11.1 Å². The van der Waals surface area contributed by atoms with Crippen LogP contribution in [0.15, 0.2) is 33.5 Å². The van der Waals surface area contributed by atoms with Crippen LogP contribution in [0.3, 0.4) is 0 Å². The Bertz CT molecular complexity index is 765. The van der Waals surface area contributed by atoms with Gasteiger partial charge in [0.1, 0.15) is 12.1 Å². The van der Waals surface area contributed by atoms with Crippen molar-refractivity contribution < 1.29 is 14.3 Å². The van der Waals surface area contributed by atoms with Gasteiger partial charge in [-0.2, -0.15) is 0 Å². The summed E-state index contributed by atoms with van der Waals surface area (Å²) in [7, 11) is 0. The molecule has 2 aliphatic rings. The number of fused-ring (bicyclic) bond motifs is 1. The van der Waals surface area contributed by atoms with Crippen molar-refractivity contribution in [3.63, 3.8) is 0 Å². The van der Waals surface area contributed by atoms with Crippen LogP contribution in [0, 0.1) is 5.92 Å². The van der Waals surface area contributed by atoms with Gasteiger partial charge in [0.2, 0.25) is 5.91 Å². The number of rotatable bonds is 3. The third-order valence-corrected chi connectivity index (χ3v) is 4.49. The van der Waals surface area contributed by atoms with Crippen LogP contribution >= 0.6 is 0 Å². The lowest BCUT2D eigenvalue weighted by atomic mass is 9.89. The highest BCUT2D eigenvalue weighted by molar-refractivity contribution is 5.80. The third-order valence-electron chi connectivity index (χ3n) is 4.49. The average Bonchev–Trinajstić information content (AvgIpc) is 3.22. The number of oxazole rings is 1. The molecule has 1 aliphatic carbocycles. The Labute approximate surface area is 120 Å².